The molecule has 0 saturated carbocycles. The van der Waals surface area contributed by atoms with Crippen LogP contribution in [0.5, 0.6) is 0 Å². The van der Waals surface area contributed by atoms with Crippen molar-refractivity contribution in [2.75, 3.05) is 18.5 Å². The van der Waals surface area contributed by atoms with Crippen molar-refractivity contribution < 1.29 is 31.9 Å². The van der Waals surface area contributed by atoms with Crippen LogP contribution in [0.15, 0.2) is 0 Å². The molecular weight excluding hydrogens is 480 g/mol. The molecule has 0 aromatic rings. The first-order chi connectivity index (χ1) is 12.7. The van der Waals surface area contributed by atoms with Gasteiger partial charge in [-0.1, -0.05) is 117 Å². The molecule has 0 aliphatic heterocycles. The van der Waals surface area contributed by atoms with Crippen LogP contribution in [0.1, 0.15) is 136 Å². The molecule has 0 radical (unpaired) electrons. The minimum absolute atomic E-state index is 0. The van der Waals surface area contributed by atoms with Gasteiger partial charge in [-0.25, -0.2) is 0 Å². The Bertz CT molecular complexity index is 278. The van der Waals surface area contributed by atoms with Crippen LogP contribution in [-0.4, -0.2) is 18.5 Å². The van der Waals surface area contributed by atoms with E-state index in [1.165, 1.54) is 116 Å². The average molecular weight is 531 g/mol. The molecule has 0 spiro atoms. The Labute approximate surface area is 206 Å². The first-order valence-electron chi connectivity index (χ1n) is 12.3. The van der Waals surface area contributed by atoms with Gasteiger partial charge in [0.1, 0.15) is 0 Å². The summed E-state index contributed by atoms with van der Waals surface area (Å²) in [6.07, 6.45) is 26.9. The van der Waals surface area contributed by atoms with E-state index >= 15 is 0 Å². The average Bonchev–Trinajstić information content (AvgIpc) is 2.64. The second-order valence-electron chi connectivity index (χ2n) is 8.53. The maximum atomic E-state index is 13.5. The quantitative estimate of drug-likeness (QED) is 0.0820. The molecule has 0 aromatic carbocycles. The smallest absolute Gasteiger partial charge is 2.00 e. The fraction of sp³-hybridized carbons (Fsp3) is 1.00. The fourth-order valence-corrected chi connectivity index (χ4v) is 6.95. The van der Waals surface area contributed by atoms with E-state index in [4.69, 9.17) is 0 Å². The zero-order chi connectivity index (χ0) is 19.3. The van der Waals surface area contributed by atoms with E-state index in [1.54, 1.807) is 0 Å². The molecule has 0 rings (SSSR count). The van der Waals surface area contributed by atoms with Crippen LogP contribution in [0.3, 0.4) is 0 Å². The summed E-state index contributed by atoms with van der Waals surface area (Å²) in [5.41, 5.74) is 0. The number of hydrogen-bond acceptors (Lipinski definition) is 1. The van der Waals surface area contributed by atoms with E-state index < -0.39 is 7.14 Å². The van der Waals surface area contributed by atoms with Crippen LogP contribution in [0.2, 0.25) is 0 Å². The number of rotatable bonds is 21. The van der Waals surface area contributed by atoms with Gasteiger partial charge in [0.2, 0.25) is 0 Å². The molecule has 0 fully saturated rings. The normalized spacial score (nSPS) is 11.1. The van der Waals surface area contributed by atoms with Gasteiger partial charge >= 0.3 is 27.3 Å². The predicted octanol–water partition coefficient (Wildman–Crippen LogP) is 9.43. The molecule has 0 unspecified atom stereocenters. The molecule has 0 aromatic heterocycles. The summed E-state index contributed by atoms with van der Waals surface area (Å²) in [5, 5.41) is 0. The summed E-state index contributed by atoms with van der Waals surface area (Å²) in [6, 6.07) is 0. The van der Waals surface area contributed by atoms with Crippen LogP contribution < -0.4 is 0 Å². The van der Waals surface area contributed by atoms with E-state index in [2.05, 4.69) is 20.8 Å². The van der Waals surface area contributed by atoms with Gasteiger partial charge in [0.05, 0.1) is 7.14 Å². The zero-order valence-electron chi connectivity index (χ0n) is 19.8. The molecule has 4 heteroatoms. The Kier molecular flexibility index (Phi) is 32.3. The third-order valence-corrected chi connectivity index (χ3v) is 9.15. The van der Waals surface area contributed by atoms with Crippen molar-refractivity contribution in [1.29, 1.82) is 0 Å². The van der Waals surface area contributed by atoms with Crippen LogP contribution in [-0.2, 0) is 45.4 Å². The minimum Gasteiger partial charge on any atom is -2.00 e. The predicted molar refractivity (Wildman–Crippen MR) is 130 cm³/mol. The Morgan fingerprint density at radius 1 is 0.429 bits per heavy atom. The molecule has 0 saturated heterocycles. The molecule has 166 valence electrons. The third kappa shape index (κ3) is 23.8. The first-order valence-corrected chi connectivity index (χ1v) is 14.5. The summed E-state index contributed by atoms with van der Waals surface area (Å²) >= 11 is 0. The topological polar surface area (TPSA) is 17.1 Å². The molecule has 0 aliphatic rings. The van der Waals surface area contributed by atoms with Crippen molar-refractivity contribution in [3.05, 3.63) is 0 Å². The maximum Gasteiger partial charge on any atom is 2.00 e. The van der Waals surface area contributed by atoms with E-state index in [0.29, 0.717) is 0 Å². The van der Waals surface area contributed by atoms with Gasteiger partial charge in [0.25, 0.3) is 0 Å². The SMILES string of the molecule is CCCCCCCCP(=O)(CCCCCCCC)CCCCCCCC.[Cd+2].[S-2]. The fourth-order valence-electron chi connectivity index (χ4n) is 3.88. The summed E-state index contributed by atoms with van der Waals surface area (Å²) < 4.78 is 13.5. The van der Waals surface area contributed by atoms with Crippen molar-refractivity contribution in [2.24, 2.45) is 0 Å². The molecule has 0 heterocycles. The van der Waals surface area contributed by atoms with E-state index in [-0.39, 0.29) is 40.8 Å². The van der Waals surface area contributed by atoms with Crippen molar-refractivity contribution in [3.8, 4) is 0 Å². The second kappa shape index (κ2) is 26.5. The molecule has 0 amide bonds. The molecule has 28 heavy (non-hydrogen) atoms. The van der Waals surface area contributed by atoms with Gasteiger partial charge in [-0.15, -0.1) is 0 Å². The molecule has 0 aliphatic carbocycles. The molecule has 0 bridgehead atoms. The summed E-state index contributed by atoms with van der Waals surface area (Å²) in [5.74, 6) is 0. The van der Waals surface area contributed by atoms with Crippen molar-refractivity contribution in [3.63, 3.8) is 0 Å². The molecule has 0 N–H and O–H groups in total. The van der Waals surface area contributed by atoms with E-state index in [0.717, 1.165) is 18.5 Å². The minimum atomic E-state index is -1.89. The maximum absolute atomic E-state index is 13.5. The van der Waals surface area contributed by atoms with Gasteiger partial charge in [-0.05, 0) is 19.3 Å². The van der Waals surface area contributed by atoms with Crippen LogP contribution in [0.25, 0.3) is 0 Å². The van der Waals surface area contributed by atoms with Gasteiger partial charge in [-0.2, -0.15) is 0 Å². The summed E-state index contributed by atoms with van der Waals surface area (Å²) in [4.78, 5) is 0. The van der Waals surface area contributed by atoms with Crippen molar-refractivity contribution in [2.45, 2.75) is 136 Å². The van der Waals surface area contributed by atoms with Gasteiger partial charge in [0.15, 0.2) is 0 Å². The Morgan fingerprint density at radius 2 is 0.643 bits per heavy atom. The van der Waals surface area contributed by atoms with Gasteiger partial charge in [-0.3, -0.25) is 0 Å². The number of hydrogen-bond donors (Lipinski definition) is 0. The van der Waals surface area contributed by atoms with Crippen molar-refractivity contribution in [1.82, 2.24) is 0 Å². The second-order valence-corrected chi connectivity index (χ2v) is 12.0. The largest absolute Gasteiger partial charge is 2.00 e. The van der Waals surface area contributed by atoms with Crippen molar-refractivity contribution >= 4 is 20.6 Å². The van der Waals surface area contributed by atoms with E-state index in [1.807, 2.05) is 0 Å². The summed E-state index contributed by atoms with van der Waals surface area (Å²) in [6.45, 7) is 6.82. The van der Waals surface area contributed by atoms with Crippen LogP contribution >= 0.6 is 7.14 Å². The van der Waals surface area contributed by atoms with E-state index in [9.17, 15) is 4.57 Å². The Morgan fingerprint density at radius 3 is 0.893 bits per heavy atom. The van der Waals surface area contributed by atoms with Gasteiger partial charge in [0, 0.05) is 18.5 Å². The number of unbranched alkanes of at least 4 members (excludes halogenated alkanes) is 15. The van der Waals surface area contributed by atoms with Crippen LogP contribution in [0, 0.1) is 0 Å². The molecule has 1 nitrogen and oxygen atoms in total. The molecule has 0 atom stereocenters. The summed E-state index contributed by atoms with van der Waals surface area (Å²) in [7, 11) is -1.89. The van der Waals surface area contributed by atoms with Crippen LogP contribution in [0.4, 0.5) is 0 Å². The van der Waals surface area contributed by atoms with Gasteiger partial charge < -0.3 is 18.1 Å². The Balaban J connectivity index is -0.00000312. The third-order valence-electron chi connectivity index (χ3n) is 5.76. The monoisotopic (exact) mass is 532 g/mol. The Hall–Kier alpha value is 1.50. The first kappa shape index (κ1) is 34.1. The standard InChI is InChI=1S/C24H51OP.Cd.S/c1-4-7-10-13-16-19-22-26(25,23-20-17-14-11-8-5-2)24-21-18-15-12-9-6-3;;/h4-24H2,1-3H3;;/q;+2;-2. The molecular formula is C24H51CdOPS. The zero-order valence-corrected chi connectivity index (χ0v) is 25.6.